The molecular formula is C20H22N4OS2. The average molecular weight is 399 g/mol. The SMILES string of the molecule is CCCCCCn1c(SCc2nc3ccsc3c(=O)[nH]2)nc2ccccc21. The van der Waals surface area contributed by atoms with E-state index < -0.39 is 0 Å². The van der Waals surface area contributed by atoms with Gasteiger partial charge in [-0.05, 0) is 30.0 Å². The third kappa shape index (κ3) is 3.94. The number of H-pyrrole nitrogens is 1. The molecule has 0 bridgehead atoms. The molecular weight excluding hydrogens is 376 g/mol. The van der Waals surface area contributed by atoms with E-state index in [2.05, 4.69) is 39.7 Å². The van der Waals surface area contributed by atoms with Gasteiger partial charge in [0.2, 0.25) is 0 Å². The van der Waals surface area contributed by atoms with Gasteiger partial charge in [0.15, 0.2) is 5.16 Å². The Kier molecular flexibility index (Phi) is 5.59. The molecule has 27 heavy (non-hydrogen) atoms. The highest BCUT2D eigenvalue weighted by Gasteiger charge is 2.12. The summed E-state index contributed by atoms with van der Waals surface area (Å²) in [5.74, 6) is 1.29. The monoisotopic (exact) mass is 398 g/mol. The van der Waals surface area contributed by atoms with Crippen molar-refractivity contribution in [2.24, 2.45) is 0 Å². The van der Waals surface area contributed by atoms with Crippen LogP contribution in [0.25, 0.3) is 21.3 Å². The first kappa shape index (κ1) is 18.3. The molecule has 5 nitrogen and oxygen atoms in total. The number of aromatic amines is 1. The summed E-state index contributed by atoms with van der Waals surface area (Å²) in [5, 5.41) is 2.89. The normalized spacial score (nSPS) is 11.6. The second-order valence-corrected chi connectivity index (χ2v) is 8.39. The van der Waals surface area contributed by atoms with Crippen LogP contribution < -0.4 is 5.56 Å². The van der Waals surface area contributed by atoms with Crippen molar-refractivity contribution in [3.63, 3.8) is 0 Å². The highest BCUT2D eigenvalue weighted by molar-refractivity contribution is 7.98. The van der Waals surface area contributed by atoms with Crippen LogP contribution in [0.3, 0.4) is 0 Å². The number of fused-ring (bicyclic) bond motifs is 2. The molecule has 0 aliphatic rings. The summed E-state index contributed by atoms with van der Waals surface area (Å²) in [7, 11) is 0. The van der Waals surface area contributed by atoms with Crippen molar-refractivity contribution in [2.75, 3.05) is 0 Å². The van der Waals surface area contributed by atoms with Crippen LogP contribution in [0.1, 0.15) is 38.4 Å². The molecule has 4 rings (SSSR count). The molecule has 0 aliphatic carbocycles. The molecule has 0 spiro atoms. The zero-order valence-electron chi connectivity index (χ0n) is 15.3. The van der Waals surface area contributed by atoms with Gasteiger partial charge in [0.25, 0.3) is 5.56 Å². The van der Waals surface area contributed by atoms with E-state index in [-0.39, 0.29) is 5.56 Å². The van der Waals surface area contributed by atoms with Crippen molar-refractivity contribution in [3.8, 4) is 0 Å². The Balaban J connectivity index is 1.57. The first-order chi connectivity index (χ1) is 13.3. The summed E-state index contributed by atoms with van der Waals surface area (Å²) < 4.78 is 2.99. The molecule has 0 fully saturated rings. The van der Waals surface area contributed by atoms with E-state index in [9.17, 15) is 4.79 Å². The lowest BCUT2D eigenvalue weighted by atomic mass is 10.2. The molecule has 4 aromatic rings. The van der Waals surface area contributed by atoms with Gasteiger partial charge in [0.05, 0.1) is 22.3 Å². The number of hydrogen-bond donors (Lipinski definition) is 1. The number of thiophene rings is 1. The molecule has 0 unspecified atom stereocenters. The van der Waals surface area contributed by atoms with Gasteiger partial charge in [-0.1, -0.05) is 50.1 Å². The number of thioether (sulfide) groups is 1. The van der Waals surface area contributed by atoms with Crippen LogP contribution in [-0.2, 0) is 12.3 Å². The molecule has 0 radical (unpaired) electrons. The fourth-order valence-electron chi connectivity index (χ4n) is 3.20. The topological polar surface area (TPSA) is 63.6 Å². The van der Waals surface area contributed by atoms with Gasteiger partial charge >= 0.3 is 0 Å². The Morgan fingerprint density at radius 1 is 1.11 bits per heavy atom. The Hall–Kier alpha value is -2.12. The van der Waals surface area contributed by atoms with E-state index >= 15 is 0 Å². The molecule has 1 N–H and O–H groups in total. The summed E-state index contributed by atoms with van der Waals surface area (Å²) in [6, 6.07) is 10.2. The largest absolute Gasteiger partial charge is 0.319 e. The van der Waals surface area contributed by atoms with E-state index in [1.54, 1.807) is 11.8 Å². The smallest absolute Gasteiger partial charge is 0.268 e. The van der Waals surface area contributed by atoms with Crippen molar-refractivity contribution in [3.05, 3.63) is 51.9 Å². The van der Waals surface area contributed by atoms with Crippen molar-refractivity contribution >= 4 is 44.3 Å². The van der Waals surface area contributed by atoms with Crippen LogP contribution in [0.5, 0.6) is 0 Å². The number of para-hydroxylation sites is 2. The van der Waals surface area contributed by atoms with E-state index in [0.717, 1.165) is 29.2 Å². The number of aryl methyl sites for hydroxylation is 1. The second kappa shape index (κ2) is 8.27. The maximum absolute atomic E-state index is 12.2. The number of nitrogens with zero attached hydrogens (tertiary/aromatic N) is 3. The quantitative estimate of drug-likeness (QED) is 0.327. The van der Waals surface area contributed by atoms with Gasteiger partial charge < -0.3 is 9.55 Å². The van der Waals surface area contributed by atoms with Gasteiger partial charge in [-0.15, -0.1) is 11.3 Å². The lowest BCUT2D eigenvalue weighted by Crippen LogP contribution is -2.09. The van der Waals surface area contributed by atoms with Crippen molar-refractivity contribution in [2.45, 2.75) is 50.1 Å². The summed E-state index contributed by atoms with van der Waals surface area (Å²) in [5.41, 5.74) is 2.91. The molecule has 0 aliphatic heterocycles. The minimum absolute atomic E-state index is 0.0568. The molecule has 3 heterocycles. The number of benzene rings is 1. The van der Waals surface area contributed by atoms with Gasteiger partial charge in [0, 0.05) is 6.54 Å². The van der Waals surface area contributed by atoms with Crippen LogP contribution in [0.4, 0.5) is 0 Å². The van der Waals surface area contributed by atoms with Crippen molar-refractivity contribution in [1.82, 2.24) is 19.5 Å². The minimum atomic E-state index is -0.0568. The standard InChI is InChI=1S/C20H22N4OS2/c1-2-3-4-7-11-24-16-9-6-5-8-14(16)22-20(24)27-13-17-21-15-10-12-26-18(15)19(25)23-17/h5-6,8-10,12H,2-4,7,11,13H2,1H3,(H,21,23,25). The summed E-state index contributed by atoms with van der Waals surface area (Å²) in [6.45, 7) is 3.20. The third-order valence-electron chi connectivity index (χ3n) is 4.56. The lowest BCUT2D eigenvalue weighted by Gasteiger charge is -2.08. The summed E-state index contributed by atoms with van der Waals surface area (Å²) in [4.78, 5) is 24.5. The zero-order chi connectivity index (χ0) is 18.6. The van der Waals surface area contributed by atoms with Gasteiger partial charge in [0.1, 0.15) is 10.5 Å². The summed E-state index contributed by atoms with van der Waals surface area (Å²) >= 11 is 3.06. The predicted molar refractivity (Wildman–Crippen MR) is 114 cm³/mol. The molecule has 0 saturated heterocycles. The molecule has 1 aromatic carbocycles. The molecule has 140 valence electrons. The number of aromatic nitrogens is 4. The number of rotatable bonds is 8. The fraction of sp³-hybridized carbons (Fsp3) is 0.350. The zero-order valence-corrected chi connectivity index (χ0v) is 16.9. The maximum atomic E-state index is 12.2. The second-order valence-electron chi connectivity index (χ2n) is 6.53. The van der Waals surface area contributed by atoms with Crippen LogP contribution in [0.15, 0.2) is 45.7 Å². The molecule has 7 heteroatoms. The fourth-order valence-corrected chi connectivity index (χ4v) is 4.84. The Morgan fingerprint density at radius 2 is 2.00 bits per heavy atom. The highest BCUT2D eigenvalue weighted by Crippen LogP contribution is 2.27. The third-order valence-corrected chi connectivity index (χ3v) is 6.45. The van der Waals surface area contributed by atoms with Crippen molar-refractivity contribution < 1.29 is 0 Å². The maximum Gasteiger partial charge on any atom is 0.268 e. The van der Waals surface area contributed by atoms with Gasteiger partial charge in [-0.25, -0.2) is 9.97 Å². The molecule has 0 atom stereocenters. The average Bonchev–Trinajstić information content (AvgIpc) is 3.28. The van der Waals surface area contributed by atoms with Crippen molar-refractivity contribution in [1.29, 1.82) is 0 Å². The lowest BCUT2D eigenvalue weighted by molar-refractivity contribution is 0.563. The Morgan fingerprint density at radius 3 is 2.89 bits per heavy atom. The van der Waals surface area contributed by atoms with E-state index in [4.69, 9.17) is 4.98 Å². The van der Waals surface area contributed by atoms with E-state index in [0.29, 0.717) is 16.3 Å². The van der Waals surface area contributed by atoms with Gasteiger partial charge in [-0.2, -0.15) is 0 Å². The first-order valence-electron chi connectivity index (χ1n) is 9.30. The predicted octanol–water partition coefficient (Wildman–Crippen LogP) is 5.21. The molecule has 3 aromatic heterocycles. The first-order valence-corrected chi connectivity index (χ1v) is 11.2. The number of unbranched alkanes of at least 4 members (excludes halogenated alkanes) is 3. The Bertz CT molecular complexity index is 1110. The number of hydrogen-bond acceptors (Lipinski definition) is 5. The number of nitrogens with one attached hydrogen (secondary N) is 1. The highest BCUT2D eigenvalue weighted by atomic mass is 32.2. The summed E-state index contributed by atoms with van der Waals surface area (Å²) in [6.07, 6.45) is 4.88. The van der Waals surface area contributed by atoms with Crippen LogP contribution in [-0.4, -0.2) is 19.5 Å². The van der Waals surface area contributed by atoms with E-state index in [1.165, 1.54) is 36.1 Å². The molecule has 0 amide bonds. The Labute approximate surface area is 165 Å². The van der Waals surface area contributed by atoms with E-state index in [1.807, 2.05) is 17.5 Å². The van der Waals surface area contributed by atoms with Crippen LogP contribution in [0.2, 0.25) is 0 Å². The number of imidazole rings is 1. The van der Waals surface area contributed by atoms with Crippen LogP contribution >= 0.6 is 23.1 Å². The van der Waals surface area contributed by atoms with Gasteiger partial charge in [-0.3, -0.25) is 4.79 Å². The molecule has 0 saturated carbocycles. The minimum Gasteiger partial charge on any atom is -0.319 e. The van der Waals surface area contributed by atoms with Crippen LogP contribution in [0, 0.1) is 0 Å².